The Morgan fingerprint density at radius 3 is 2.73 bits per heavy atom. The second-order valence-corrected chi connectivity index (χ2v) is 2.99. The number of aliphatic hydroxyl groups is 1. The van der Waals surface area contributed by atoms with E-state index in [-0.39, 0.29) is 0 Å². The summed E-state index contributed by atoms with van der Waals surface area (Å²) < 4.78 is 0. The summed E-state index contributed by atoms with van der Waals surface area (Å²) in [5.41, 5.74) is 0.0556. The normalized spacial score (nSPS) is 20.8. The van der Waals surface area contributed by atoms with Crippen molar-refractivity contribution in [1.82, 2.24) is 10.2 Å². The topological polar surface area (TPSA) is 46.0 Å². The van der Waals surface area contributed by atoms with Crippen LogP contribution < -0.4 is 0 Å². The van der Waals surface area contributed by atoms with E-state index in [4.69, 9.17) is 0 Å². The van der Waals surface area contributed by atoms with E-state index in [9.17, 15) is 5.11 Å². The number of rotatable bonds is 1. The summed E-state index contributed by atoms with van der Waals surface area (Å²) in [5, 5.41) is 17.4. The van der Waals surface area contributed by atoms with E-state index in [1.165, 1.54) is 0 Å². The minimum absolute atomic E-state index is 0.658. The summed E-state index contributed by atoms with van der Waals surface area (Å²) >= 11 is 0. The van der Waals surface area contributed by atoms with Crippen LogP contribution in [0.1, 0.15) is 25.0 Å². The van der Waals surface area contributed by atoms with E-state index in [1.807, 2.05) is 6.07 Å². The lowest BCUT2D eigenvalue weighted by Gasteiger charge is -2.35. The molecule has 3 nitrogen and oxygen atoms in total. The summed E-state index contributed by atoms with van der Waals surface area (Å²) in [7, 11) is 0. The fourth-order valence-electron chi connectivity index (χ4n) is 1.32. The first kappa shape index (κ1) is 6.73. The quantitative estimate of drug-likeness (QED) is 0.645. The van der Waals surface area contributed by atoms with Crippen molar-refractivity contribution in [1.29, 1.82) is 0 Å². The average molecular weight is 150 g/mol. The van der Waals surface area contributed by atoms with Crippen LogP contribution in [0.5, 0.6) is 0 Å². The van der Waals surface area contributed by atoms with Crippen LogP contribution >= 0.6 is 0 Å². The van der Waals surface area contributed by atoms with Crippen molar-refractivity contribution in [3.63, 3.8) is 0 Å². The Bertz CT molecular complexity index is 244. The molecule has 0 bridgehead atoms. The molecule has 1 aliphatic carbocycles. The van der Waals surface area contributed by atoms with Gasteiger partial charge in [-0.15, -0.1) is 0 Å². The van der Waals surface area contributed by atoms with E-state index in [0.717, 1.165) is 19.3 Å². The van der Waals surface area contributed by atoms with Crippen LogP contribution in [-0.2, 0) is 5.60 Å². The van der Waals surface area contributed by atoms with Crippen LogP contribution in [0.25, 0.3) is 0 Å². The zero-order valence-corrected chi connectivity index (χ0v) is 6.20. The number of hydrogen-bond acceptors (Lipinski definition) is 3. The van der Waals surface area contributed by atoms with E-state index in [0.29, 0.717) is 5.69 Å². The van der Waals surface area contributed by atoms with E-state index >= 15 is 0 Å². The summed E-state index contributed by atoms with van der Waals surface area (Å²) in [5.74, 6) is 0. The van der Waals surface area contributed by atoms with Gasteiger partial charge >= 0.3 is 0 Å². The first-order chi connectivity index (χ1) is 5.31. The molecule has 2 rings (SSSR count). The smallest absolute Gasteiger partial charge is 0.108 e. The molecule has 0 atom stereocenters. The molecule has 0 unspecified atom stereocenters. The van der Waals surface area contributed by atoms with Gasteiger partial charge in [-0.05, 0) is 31.4 Å². The van der Waals surface area contributed by atoms with Gasteiger partial charge in [0.2, 0.25) is 0 Å². The highest BCUT2D eigenvalue weighted by atomic mass is 16.3. The van der Waals surface area contributed by atoms with Gasteiger partial charge < -0.3 is 5.11 Å². The maximum Gasteiger partial charge on any atom is 0.108 e. The maximum atomic E-state index is 9.78. The standard InChI is InChI=1S/C8H10N2O/c11-8(4-2-5-8)7-3-1-6-9-10-7/h1,3,6,11H,2,4-5H2. The second-order valence-electron chi connectivity index (χ2n) is 2.99. The van der Waals surface area contributed by atoms with Crippen molar-refractivity contribution < 1.29 is 5.11 Å². The van der Waals surface area contributed by atoms with Gasteiger partial charge in [-0.2, -0.15) is 10.2 Å². The molecular weight excluding hydrogens is 140 g/mol. The van der Waals surface area contributed by atoms with Gasteiger partial charge in [0.15, 0.2) is 0 Å². The summed E-state index contributed by atoms with van der Waals surface area (Å²) in [6.45, 7) is 0. The SMILES string of the molecule is OC1(c2cccnn2)CCC1. The molecule has 58 valence electrons. The molecule has 0 saturated heterocycles. The molecule has 1 saturated carbocycles. The Labute approximate surface area is 65.1 Å². The fraction of sp³-hybridized carbons (Fsp3) is 0.500. The Balaban J connectivity index is 2.29. The van der Waals surface area contributed by atoms with E-state index < -0.39 is 5.60 Å². The van der Waals surface area contributed by atoms with Gasteiger partial charge in [-0.3, -0.25) is 0 Å². The molecule has 0 aliphatic heterocycles. The first-order valence-electron chi connectivity index (χ1n) is 3.82. The molecule has 0 radical (unpaired) electrons. The van der Waals surface area contributed by atoms with Gasteiger partial charge in [0, 0.05) is 6.20 Å². The van der Waals surface area contributed by atoms with Crippen molar-refractivity contribution in [2.24, 2.45) is 0 Å². The summed E-state index contributed by atoms with van der Waals surface area (Å²) in [4.78, 5) is 0. The zero-order chi connectivity index (χ0) is 7.73. The van der Waals surface area contributed by atoms with Gasteiger partial charge in [-0.25, -0.2) is 0 Å². The van der Waals surface area contributed by atoms with Crippen molar-refractivity contribution in [3.8, 4) is 0 Å². The van der Waals surface area contributed by atoms with Gasteiger partial charge in [0.1, 0.15) is 5.60 Å². The highest BCUT2D eigenvalue weighted by Gasteiger charge is 2.37. The zero-order valence-electron chi connectivity index (χ0n) is 6.20. The Morgan fingerprint density at radius 2 is 2.27 bits per heavy atom. The van der Waals surface area contributed by atoms with Crippen LogP contribution in [0, 0.1) is 0 Å². The average Bonchev–Trinajstić information content (AvgIpc) is 2.02. The lowest BCUT2D eigenvalue weighted by molar-refractivity contribution is -0.0433. The molecule has 1 aliphatic rings. The largest absolute Gasteiger partial charge is 0.383 e. The Hall–Kier alpha value is -0.960. The number of hydrogen-bond donors (Lipinski definition) is 1. The molecule has 1 aromatic rings. The third kappa shape index (κ3) is 1.01. The minimum atomic E-state index is -0.658. The van der Waals surface area contributed by atoms with Crippen LogP contribution in [0.2, 0.25) is 0 Å². The predicted octanol–water partition coefficient (Wildman–Crippen LogP) is 0.848. The van der Waals surface area contributed by atoms with E-state index in [1.54, 1.807) is 12.3 Å². The molecular formula is C8H10N2O. The highest BCUT2D eigenvalue weighted by Crippen LogP contribution is 2.39. The minimum Gasteiger partial charge on any atom is -0.383 e. The molecule has 3 heteroatoms. The van der Waals surface area contributed by atoms with Gasteiger partial charge in [0.05, 0.1) is 5.69 Å². The van der Waals surface area contributed by atoms with Gasteiger partial charge in [0.25, 0.3) is 0 Å². The Morgan fingerprint density at radius 1 is 1.45 bits per heavy atom. The molecule has 0 aromatic carbocycles. The third-order valence-corrected chi connectivity index (χ3v) is 2.23. The third-order valence-electron chi connectivity index (χ3n) is 2.23. The molecule has 1 heterocycles. The van der Waals surface area contributed by atoms with Crippen LogP contribution in [-0.4, -0.2) is 15.3 Å². The second kappa shape index (κ2) is 2.27. The first-order valence-corrected chi connectivity index (χ1v) is 3.82. The summed E-state index contributed by atoms with van der Waals surface area (Å²) in [6, 6.07) is 3.63. The summed E-state index contributed by atoms with van der Waals surface area (Å²) in [6.07, 6.45) is 4.36. The van der Waals surface area contributed by atoms with Crippen LogP contribution in [0.3, 0.4) is 0 Å². The molecule has 1 N–H and O–H groups in total. The maximum absolute atomic E-state index is 9.78. The van der Waals surface area contributed by atoms with Crippen molar-refractivity contribution in [3.05, 3.63) is 24.0 Å². The Kier molecular flexibility index (Phi) is 1.39. The number of nitrogens with zero attached hydrogens (tertiary/aromatic N) is 2. The highest BCUT2D eigenvalue weighted by molar-refractivity contribution is 5.13. The van der Waals surface area contributed by atoms with Crippen molar-refractivity contribution in [2.75, 3.05) is 0 Å². The molecule has 1 aromatic heterocycles. The molecule has 1 fully saturated rings. The molecule has 0 spiro atoms. The number of aromatic nitrogens is 2. The van der Waals surface area contributed by atoms with Gasteiger partial charge in [-0.1, -0.05) is 0 Å². The van der Waals surface area contributed by atoms with Crippen LogP contribution in [0.15, 0.2) is 18.3 Å². The lowest BCUT2D eigenvalue weighted by Crippen LogP contribution is -2.34. The van der Waals surface area contributed by atoms with Crippen LogP contribution in [0.4, 0.5) is 0 Å². The van der Waals surface area contributed by atoms with Crippen molar-refractivity contribution >= 4 is 0 Å². The monoisotopic (exact) mass is 150 g/mol. The molecule has 11 heavy (non-hydrogen) atoms. The lowest BCUT2D eigenvalue weighted by atomic mass is 9.78. The van der Waals surface area contributed by atoms with Crippen molar-refractivity contribution in [2.45, 2.75) is 24.9 Å². The van der Waals surface area contributed by atoms with E-state index in [2.05, 4.69) is 10.2 Å². The molecule has 0 amide bonds. The predicted molar refractivity (Wildman–Crippen MR) is 39.8 cm³/mol. The fourth-order valence-corrected chi connectivity index (χ4v) is 1.32.